The summed E-state index contributed by atoms with van der Waals surface area (Å²) in [5.74, 6) is 3.37. The Morgan fingerprint density at radius 3 is 2.50 bits per heavy atom. The minimum absolute atomic E-state index is 0.0317. The van der Waals surface area contributed by atoms with Crippen molar-refractivity contribution in [2.24, 2.45) is 40.4 Å². The number of hydrogen-bond donors (Lipinski definition) is 2. The van der Waals surface area contributed by atoms with Crippen LogP contribution in [0, 0.1) is 40.4 Å². The minimum atomic E-state index is -0.245. The van der Waals surface area contributed by atoms with Crippen LogP contribution in [-0.4, -0.2) is 34.1 Å². The van der Waals surface area contributed by atoms with Crippen LogP contribution in [0.2, 0.25) is 0 Å². The molecule has 1 aliphatic heterocycles. The van der Waals surface area contributed by atoms with Gasteiger partial charge in [-0.2, -0.15) is 0 Å². The predicted molar refractivity (Wildman–Crippen MR) is 120 cm³/mol. The molecule has 3 heteroatoms. The molecule has 3 saturated carbocycles. The van der Waals surface area contributed by atoms with E-state index in [9.17, 15) is 10.2 Å². The molecule has 1 saturated heterocycles. The molecule has 10 atom stereocenters. The van der Waals surface area contributed by atoms with Gasteiger partial charge in [-0.05, 0) is 106 Å². The first kappa shape index (κ1) is 21.5. The molecule has 0 spiro atoms. The molecule has 0 bridgehead atoms. The zero-order valence-corrected chi connectivity index (χ0v) is 19.9. The van der Waals surface area contributed by atoms with Crippen LogP contribution in [0.4, 0.5) is 0 Å². The van der Waals surface area contributed by atoms with Crippen LogP contribution in [0.15, 0.2) is 11.6 Å². The zero-order chi connectivity index (χ0) is 21.5. The molecule has 0 aromatic heterocycles. The first-order valence-corrected chi connectivity index (χ1v) is 12.8. The maximum Gasteiger partial charge on any atom is 0.0893 e. The monoisotopic (exact) mass is 416 g/mol. The van der Waals surface area contributed by atoms with E-state index in [1.807, 2.05) is 0 Å². The van der Waals surface area contributed by atoms with Crippen LogP contribution in [0.3, 0.4) is 0 Å². The first-order chi connectivity index (χ1) is 14.1. The highest BCUT2D eigenvalue weighted by Crippen LogP contribution is 2.67. The van der Waals surface area contributed by atoms with Gasteiger partial charge in [0.1, 0.15) is 0 Å². The van der Waals surface area contributed by atoms with Gasteiger partial charge < -0.3 is 14.9 Å². The lowest BCUT2D eigenvalue weighted by Gasteiger charge is -2.58. The highest BCUT2D eigenvalue weighted by atomic mass is 16.6. The third-order valence-corrected chi connectivity index (χ3v) is 11.0. The van der Waals surface area contributed by atoms with Gasteiger partial charge in [0.2, 0.25) is 0 Å². The molecule has 4 aliphatic carbocycles. The van der Waals surface area contributed by atoms with Gasteiger partial charge in [-0.15, -0.1) is 0 Å². The lowest BCUT2D eigenvalue weighted by Crippen LogP contribution is -2.51. The van der Waals surface area contributed by atoms with E-state index < -0.39 is 0 Å². The van der Waals surface area contributed by atoms with Gasteiger partial charge in [-0.1, -0.05) is 32.4 Å². The number of aliphatic hydroxyl groups is 2. The third-order valence-electron chi connectivity index (χ3n) is 11.0. The molecule has 0 aromatic rings. The molecular formula is C27H44O3. The van der Waals surface area contributed by atoms with Gasteiger partial charge in [0.05, 0.1) is 23.9 Å². The summed E-state index contributed by atoms with van der Waals surface area (Å²) in [6, 6.07) is 0. The van der Waals surface area contributed by atoms with Gasteiger partial charge in [0.15, 0.2) is 0 Å². The summed E-state index contributed by atoms with van der Waals surface area (Å²) in [7, 11) is 0. The summed E-state index contributed by atoms with van der Waals surface area (Å²) in [6.45, 7) is 11.7. The van der Waals surface area contributed by atoms with E-state index in [-0.39, 0.29) is 23.9 Å². The molecule has 170 valence electrons. The summed E-state index contributed by atoms with van der Waals surface area (Å²) in [5.41, 5.74) is 2.23. The largest absolute Gasteiger partial charge is 0.393 e. The minimum Gasteiger partial charge on any atom is -0.393 e. The molecule has 3 nitrogen and oxygen atoms in total. The second-order valence-electron chi connectivity index (χ2n) is 12.8. The summed E-state index contributed by atoms with van der Waals surface area (Å²) < 4.78 is 5.77. The van der Waals surface area contributed by atoms with Crippen molar-refractivity contribution in [1.82, 2.24) is 0 Å². The highest BCUT2D eigenvalue weighted by Gasteiger charge is 2.60. The number of hydrogen-bond acceptors (Lipinski definition) is 3. The number of aliphatic hydroxyl groups excluding tert-OH is 2. The van der Waals surface area contributed by atoms with E-state index in [4.69, 9.17) is 4.74 Å². The fraction of sp³-hybridized carbons (Fsp3) is 0.926. The van der Waals surface area contributed by atoms with Crippen LogP contribution in [0.1, 0.15) is 92.4 Å². The summed E-state index contributed by atoms with van der Waals surface area (Å²) >= 11 is 0. The standard InChI is InChI=1S/C27H44O3/c1-16(23(29)15-24-25(2,3)30-24)20-8-9-21-19-7-6-17-14-18(28)10-12-26(17,4)22(19)11-13-27(20,21)5/h6,16,18-24,28-29H,7-15H2,1-5H3/t16-,18-,19-,20+,21-,22-,23+,24-,26-,27+/m0/s1. The molecule has 1 heterocycles. The Morgan fingerprint density at radius 1 is 1.07 bits per heavy atom. The van der Waals surface area contributed by atoms with Crippen LogP contribution in [0.5, 0.6) is 0 Å². The predicted octanol–water partition coefficient (Wildman–Crippen LogP) is 5.49. The molecule has 5 aliphatic rings. The second-order valence-corrected chi connectivity index (χ2v) is 12.8. The fourth-order valence-corrected chi connectivity index (χ4v) is 8.91. The first-order valence-electron chi connectivity index (χ1n) is 12.8. The van der Waals surface area contributed by atoms with Crippen LogP contribution in [0.25, 0.3) is 0 Å². The second kappa shape index (κ2) is 7.06. The van der Waals surface area contributed by atoms with E-state index in [0.717, 1.165) is 37.0 Å². The van der Waals surface area contributed by atoms with Gasteiger partial charge in [0.25, 0.3) is 0 Å². The van der Waals surface area contributed by atoms with Crippen molar-refractivity contribution in [3.63, 3.8) is 0 Å². The Hall–Kier alpha value is -0.380. The van der Waals surface area contributed by atoms with Crippen molar-refractivity contribution >= 4 is 0 Å². The molecule has 30 heavy (non-hydrogen) atoms. The van der Waals surface area contributed by atoms with Gasteiger partial charge in [0, 0.05) is 6.42 Å². The SMILES string of the molecule is C[C@H]([C@H](O)C[C@@H]1OC1(C)C)[C@H]1CC[C@H]2[C@@H]3CC=C4C[C@@H](O)CC[C@]4(C)[C@H]3CC[C@]12C. The Morgan fingerprint density at radius 2 is 1.80 bits per heavy atom. The van der Waals surface area contributed by atoms with Crippen molar-refractivity contribution < 1.29 is 14.9 Å². The van der Waals surface area contributed by atoms with E-state index in [1.54, 1.807) is 5.57 Å². The maximum atomic E-state index is 11.1. The molecule has 0 amide bonds. The van der Waals surface area contributed by atoms with Crippen LogP contribution < -0.4 is 0 Å². The molecular weight excluding hydrogens is 372 g/mol. The van der Waals surface area contributed by atoms with Crippen molar-refractivity contribution in [3.05, 3.63) is 11.6 Å². The molecule has 5 rings (SSSR count). The molecule has 4 fully saturated rings. The van der Waals surface area contributed by atoms with Gasteiger partial charge >= 0.3 is 0 Å². The highest BCUT2D eigenvalue weighted by molar-refractivity contribution is 5.25. The van der Waals surface area contributed by atoms with Gasteiger partial charge in [-0.25, -0.2) is 0 Å². The lowest BCUT2D eigenvalue weighted by molar-refractivity contribution is -0.0683. The van der Waals surface area contributed by atoms with Crippen molar-refractivity contribution in [3.8, 4) is 0 Å². The van der Waals surface area contributed by atoms with E-state index in [1.165, 1.54) is 38.5 Å². The van der Waals surface area contributed by atoms with Crippen molar-refractivity contribution in [1.29, 1.82) is 0 Å². The average Bonchev–Trinajstić information content (AvgIpc) is 3.12. The Labute approximate surface area is 183 Å². The third kappa shape index (κ3) is 3.17. The number of ether oxygens (including phenoxy) is 1. The molecule has 0 radical (unpaired) electrons. The van der Waals surface area contributed by atoms with Gasteiger partial charge in [-0.3, -0.25) is 0 Å². The van der Waals surface area contributed by atoms with E-state index in [2.05, 4.69) is 40.7 Å². The lowest BCUT2D eigenvalue weighted by atomic mass is 9.47. The molecule has 0 aromatic carbocycles. The Balaban J connectivity index is 1.33. The quantitative estimate of drug-likeness (QED) is 0.470. The number of fused-ring (bicyclic) bond motifs is 5. The molecule has 2 N–H and O–H groups in total. The Kier molecular flexibility index (Phi) is 5.05. The van der Waals surface area contributed by atoms with Crippen LogP contribution in [-0.2, 0) is 4.74 Å². The van der Waals surface area contributed by atoms with E-state index in [0.29, 0.717) is 22.7 Å². The summed E-state index contributed by atoms with van der Waals surface area (Å²) in [6.07, 6.45) is 12.7. The van der Waals surface area contributed by atoms with E-state index >= 15 is 0 Å². The fourth-order valence-electron chi connectivity index (χ4n) is 8.91. The van der Waals surface area contributed by atoms with Crippen LogP contribution >= 0.6 is 0 Å². The Bertz CT molecular complexity index is 713. The molecule has 0 unspecified atom stereocenters. The summed E-state index contributed by atoms with van der Waals surface area (Å²) in [4.78, 5) is 0. The maximum absolute atomic E-state index is 11.1. The topological polar surface area (TPSA) is 53.0 Å². The van der Waals surface area contributed by atoms with Crippen molar-refractivity contribution in [2.75, 3.05) is 0 Å². The normalized spacial score (nSPS) is 51.2. The zero-order valence-electron chi connectivity index (χ0n) is 19.9. The summed E-state index contributed by atoms with van der Waals surface area (Å²) in [5, 5.41) is 21.3. The van der Waals surface area contributed by atoms with Crippen molar-refractivity contribution in [2.45, 2.75) is 116 Å². The number of rotatable bonds is 4. The average molecular weight is 417 g/mol. The number of allylic oxidation sites excluding steroid dienone is 1. The number of epoxide rings is 1. The smallest absolute Gasteiger partial charge is 0.0893 e.